The monoisotopic (exact) mass is 422 g/mol. The summed E-state index contributed by atoms with van der Waals surface area (Å²) in [6.45, 7) is 1.89. The Hall–Kier alpha value is -2.11. The van der Waals surface area contributed by atoms with Crippen molar-refractivity contribution in [2.45, 2.75) is 19.3 Å². The molecule has 1 heterocycles. The van der Waals surface area contributed by atoms with Crippen LogP contribution in [0.4, 0.5) is 4.39 Å². The van der Waals surface area contributed by atoms with Crippen LogP contribution in [0.1, 0.15) is 28.8 Å². The molecule has 148 valence electrons. The fourth-order valence-electron chi connectivity index (χ4n) is 3.32. The average molecular weight is 423 g/mol. The van der Waals surface area contributed by atoms with Gasteiger partial charge in [0.1, 0.15) is 5.82 Å². The topological polar surface area (TPSA) is 40.6 Å². The van der Waals surface area contributed by atoms with Crippen molar-refractivity contribution >= 4 is 35.0 Å². The average Bonchev–Trinajstić information content (AvgIpc) is 2.95. The fourth-order valence-corrected chi connectivity index (χ4v) is 3.73. The molecular formula is C21H21Cl2FN2O2. The van der Waals surface area contributed by atoms with Crippen molar-refractivity contribution < 1.29 is 14.0 Å². The molecule has 0 saturated carbocycles. The molecule has 4 nitrogen and oxygen atoms in total. The number of benzene rings is 2. The Kier molecular flexibility index (Phi) is 6.92. The molecule has 0 aliphatic carbocycles. The van der Waals surface area contributed by atoms with Gasteiger partial charge in [0.05, 0.1) is 15.6 Å². The van der Waals surface area contributed by atoms with E-state index in [0.29, 0.717) is 55.5 Å². The second-order valence-electron chi connectivity index (χ2n) is 6.72. The van der Waals surface area contributed by atoms with E-state index in [1.54, 1.807) is 28.0 Å². The van der Waals surface area contributed by atoms with E-state index >= 15 is 0 Å². The van der Waals surface area contributed by atoms with Crippen LogP contribution in [0.5, 0.6) is 0 Å². The van der Waals surface area contributed by atoms with E-state index in [9.17, 15) is 14.0 Å². The third kappa shape index (κ3) is 4.83. The Bertz CT molecular complexity index is 875. The molecule has 28 heavy (non-hydrogen) atoms. The molecule has 3 rings (SSSR count). The maximum absolute atomic E-state index is 13.9. The molecule has 1 fully saturated rings. The molecule has 2 amide bonds. The predicted molar refractivity (Wildman–Crippen MR) is 108 cm³/mol. The second-order valence-corrected chi connectivity index (χ2v) is 7.50. The van der Waals surface area contributed by atoms with Crippen molar-refractivity contribution in [1.82, 2.24) is 9.80 Å². The maximum atomic E-state index is 13.9. The van der Waals surface area contributed by atoms with Crippen molar-refractivity contribution in [1.29, 1.82) is 0 Å². The summed E-state index contributed by atoms with van der Waals surface area (Å²) in [4.78, 5) is 28.6. The van der Waals surface area contributed by atoms with Crippen molar-refractivity contribution in [2.75, 3.05) is 26.2 Å². The van der Waals surface area contributed by atoms with Gasteiger partial charge in [-0.05, 0) is 36.6 Å². The van der Waals surface area contributed by atoms with Gasteiger partial charge in [-0.1, -0.05) is 47.5 Å². The summed E-state index contributed by atoms with van der Waals surface area (Å²) < 4.78 is 13.9. The number of nitrogens with zero attached hydrogens (tertiary/aromatic N) is 2. The highest BCUT2D eigenvalue weighted by Gasteiger charge is 2.24. The molecule has 2 aromatic rings. The second kappa shape index (κ2) is 9.39. The molecule has 1 aliphatic rings. The van der Waals surface area contributed by atoms with E-state index in [0.717, 1.165) is 5.56 Å². The van der Waals surface area contributed by atoms with Crippen LogP contribution in [0.2, 0.25) is 10.0 Å². The Morgan fingerprint density at radius 2 is 1.64 bits per heavy atom. The van der Waals surface area contributed by atoms with Crippen LogP contribution < -0.4 is 0 Å². The van der Waals surface area contributed by atoms with Gasteiger partial charge in [-0.3, -0.25) is 9.59 Å². The van der Waals surface area contributed by atoms with Gasteiger partial charge in [0, 0.05) is 32.6 Å². The minimum absolute atomic E-state index is 0.0104. The molecule has 0 atom stereocenters. The van der Waals surface area contributed by atoms with Gasteiger partial charge in [-0.15, -0.1) is 0 Å². The first-order valence-electron chi connectivity index (χ1n) is 9.22. The van der Waals surface area contributed by atoms with Gasteiger partial charge < -0.3 is 9.80 Å². The van der Waals surface area contributed by atoms with Gasteiger partial charge >= 0.3 is 0 Å². The molecule has 0 unspecified atom stereocenters. The van der Waals surface area contributed by atoms with Crippen molar-refractivity contribution in [2.24, 2.45) is 0 Å². The van der Waals surface area contributed by atoms with Gasteiger partial charge in [-0.2, -0.15) is 0 Å². The number of carbonyl (C=O) groups is 2. The Balaban J connectivity index is 1.57. The highest BCUT2D eigenvalue weighted by molar-refractivity contribution is 6.42. The number of hydrogen-bond donors (Lipinski definition) is 0. The molecule has 2 aromatic carbocycles. The Morgan fingerprint density at radius 1 is 0.929 bits per heavy atom. The summed E-state index contributed by atoms with van der Waals surface area (Å²) in [5.74, 6) is -0.850. The van der Waals surface area contributed by atoms with Crippen LogP contribution in [0.25, 0.3) is 0 Å². The third-order valence-electron chi connectivity index (χ3n) is 4.88. The largest absolute Gasteiger partial charge is 0.341 e. The minimum Gasteiger partial charge on any atom is -0.341 e. The third-order valence-corrected chi connectivity index (χ3v) is 5.74. The smallest absolute Gasteiger partial charge is 0.256 e. The number of amides is 2. The van der Waals surface area contributed by atoms with E-state index < -0.39 is 5.82 Å². The lowest BCUT2D eigenvalue weighted by molar-refractivity contribution is -0.131. The van der Waals surface area contributed by atoms with Crippen LogP contribution in [0.3, 0.4) is 0 Å². The van der Waals surface area contributed by atoms with E-state index in [1.165, 1.54) is 12.1 Å². The van der Waals surface area contributed by atoms with Gasteiger partial charge in [0.2, 0.25) is 5.91 Å². The van der Waals surface area contributed by atoms with E-state index in [4.69, 9.17) is 23.2 Å². The number of aryl methyl sites for hydroxylation is 1. The maximum Gasteiger partial charge on any atom is 0.256 e. The van der Waals surface area contributed by atoms with Gasteiger partial charge in [0.25, 0.3) is 5.91 Å². The summed E-state index contributed by atoms with van der Waals surface area (Å²) in [6.07, 6.45) is 1.48. The lowest BCUT2D eigenvalue weighted by Crippen LogP contribution is -2.37. The first-order chi connectivity index (χ1) is 13.5. The molecule has 0 bridgehead atoms. The SMILES string of the molecule is O=C(CCc1cccc(Cl)c1Cl)N1CCCN(C(=O)c2ccccc2F)CC1. The highest BCUT2D eigenvalue weighted by Crippen LogP contribution is 2.26. The summed E-state index contributed by atoms with van der Waals surface area (Å²) in [6, 6.07) is 11.4. The molecule has 0 radical (unpaired) electrons. The summed E-state index contributed by atoms with van der Waals surface area (Å²) in [5, 5.41) is 0.957. The number of halogens is 3. The van der Waals surface area contributed by atoms with Crippen LogP contribution in [0, 0.1) is 5.82 Å². The zero-order valence-electron chi connectivity index (χ0n) is 15.3. The Labute approximate surface area is 173 Å². The summed E-state index contributed by atoms with van der Waals surface area (Å²) in [7, 11) is 0. The number of rotatable bonds is 4. The summed E-state index contributed by atoms with van der Waals surface area (Å²) >= 11 is 12.2. The molecule has 0 spiro atoms. The number of hydrogen-bond acceptors (Lipinski definition) is 2. The first kappa shape index (κ1) is 20.6. The van der Waals surface area contributed by atoms with Crippen molar-refractivity contribution in [3.8, 4) is 0 Å². The van der Waals surface area contributed by atoms with Gasteiger partial charge in [0.15, 0.2) is 0 Å². The normalized spacial score (nSPS) is 14.7. The first-order valence-corrected chi connectivity index (χ1v) is 9.97. The molecule has 7 heteroatoms. The lowest BCUT2D eigenvalue weighted by atomic mass is 10.1. The molecule has 0 N–H and O–H groups in total. The van der Waals surface area contributed by atoms with Crippen LogP contribution in [0.15, 0.2) is 42.5 Å². The lowest BCUT2D eigenvalue weighted by Gasteiger charge is -2.22. The van der Waals surface area contributed by atoms with Crippen molar-refractivity contribution in [3.63, 3.8) is 0 Å². The van der Waals surface area contributed by atoms with Crippen LogP contribution >= 0.6 is 23.2 Å². The molecule has 1 aliphatic heterocycles. The van der Waals surface area contributed by atoms with E-state index in [-0.39, 0.29) is 17.4 Å². The van der Waals surface area contributed by atoms with Gasteiger partial charge in [-0.25, -0.2) is 4.39 Å². The standard InChI is InChI=1S/C21H21Cl2FN2O2/c22-17-7-3-5-15(20(17)23)9-10-19(27)25-11-4-12-26(14-13-25)21(28)16-6-1-2-8-18(16)24/h1-3,5-8H,4,9-14H2. The predicted octanol–water partition coefficient (Wildman–Crippen LogP) is 4.44. The zero-order chi connectivity index (χ0) is 20.1. The van der Waals surface area contributed by atoms with E-state index in [1.807, 2.05) is 12.1 Å². The van der Waals surface area contributed by atoms with Crippen LogP contribution in [-0.4, -0.2) is 47.8 Å². The molecule has 1 saturated heterocycles. The summed E-state index contributed by atoms with van der Waals surface area (Å²) in [5.41, 5.74) is 0.909. The molecular weight excluding hydrogens is 402 g/mol. The van der Waals surface area contributed by atoms with E-state index in [2.05, 4.69) is 0 Å². The fraction of sp³-hybridized carbons (Fsp3) is 0.333. The highest BCUT2D eigenvalue weighted by atomic mass is 35.5. The molecule has 0 aromatic heterocycles. The van der Waals surface area contributed by atoms with Crippen molar-refractivity contribution in [3.05, 3.63) is 69.5 Å². The number of carbonyl (C=O) groups excluding carboxylic acids is 2. The van der Waals surface area contributed by atoms with Crippen LogP contribution in [-0.2, 0) is 11.2 Å². The minimum atomic E-state index is -0.525. The Morgan fingerprint density at radius 3 is 2.43 bits per heavy atom. The quantitative estimate of drug-likeness (QED) is 0.730. The zero-order valence-corrected chi connectivity index (χ0v) is 16.8.